The molecule has 0 atom stereocenters. The molecule has 0 aliphatic carbocycles. The van der Waals surface area contributed by atoms with Crippen LogP contribution in [0.3, 0.4) is 0 Å². The van der Waals surface area contributed by atoms with Gasteiger partial charge in [0.25, 0.3) is 5.91 Å². The van der Waals surface area contributed by atoms with Crippen molar-refractivity contribution in [2.45, 2.75) is 0 Å². The van der Waals surface area contributed by atoms with Gasteiger partial charge in [0.1, 0.15) is 17.3 Å². The molecule has 0 unspecified atom stereocenters. The number of carbonyl (C=O) groups excluding carboxylic acids is 1. The Hall–Kier alpha value is -3.03. The lowest BCUT2D eigenvalue weighted by Crippen LogP contribution is -2.36. The summed E-state index contributed by atoms with van der Waals surface area (Å²) in [5.74, 6) is 0.251. The Balaban J connectivity index is 1.58. The normalized spacial score (nSPS) is 13.9. The van der Waals surface area contributed by atoms with Crippen molar-refractivity contribution in [3.8, 4) is 17.1 Å². The van der Waals surface area contributed by atoms with Crippen molar-refractivity contribution >= 4 is 28.9 Å². The number of nitrogens with zero attached hydrogens (tertiary/aromatic N) is 1. The van der Waals surface area contributed by atoms with Crippen molar-refractivity contribution in [2.75, 3.05) is 43.6 Å². The molecule has 156 valence electrons. The van der Waals surface area contributed by atoms with Crippen LogP contribution in [0.15, 0.2) is 52.9 Å². The molecule has 1 aromatic heterocycles. The Morgan fingerprint density at radius 2 is 1.93 bits per heavy atom. The lowest BCUT2D eigenvalue weighted by Gasteiger charge is -2.30. The molecule has 1 saturated heterocycles. The predicted octanol–water partition coefficient (Wildman–Crippen LogP) is 4.84. The highest BCUT2D eigenvalue weighted by Gasteiger charge is 2.19. The average molecular weight is 431 g/mol. The van der Waals surface area contributed by atoms with Gasteiger partial charge in [-0.05, 0) is 42.5 Å². The SMILES string of the molecule is COc1ccc(N2CCOCC2)c(NC(=O)c2ccc(-c3ccc(F)c(Cl)c3)o2)c1. The molecule has 2 heterocycles. The number of anilines is 2. The first-order valence-corrected chi connectivity index (χ1v) is 9.80. The molecule has 3 aromatic rings. The molecular formula is C22H20ClFN2O4. The molecule has 0 bridgehead atoms. The Labute approximate surface area is 178 Å². The molecule has 0 radical (unpaired) electrons. The van der Waals surface area contributed by atoms with E-state index in [9.17, 15) is 9.18 Å². The summed E-state index contributed by atoms with van der Waals surface area (Å²) >= 11 is 5.84. The quantitative estimate of drug-likeness (QED) is 0.627. The van der Waals surface area contributed by atoms with Gasteiger partial charge in [0, 0.05) is 24.7 Å². The van der Waals surface area contributed by atoms with Crippen molar-refractivity contribution in [3.05, 3.63) is 65.1 Å². The summed E-state index contributed by atoms with van der Waals surface area (Å²) in [7, 11) is 1.57. The molecule has 0 saturated carbocycles. The fourth-order valence-electron chi connectivity index (χ4n) is 3.27. The highest BCUT2D eigenvalue weighted by atomic mass is 35.5. The van der Waals surface area contributed by atoms with Crippen LogP contribution in [0, 0.1) is 5.82 Å². The van der Waals surface area contributed by atoms with Crippen molar-refractivity contribution in [2.24, 2.45) is 0 Å². The molecule has 2 aromatic carbocycles. The number of nitrogens with one attached hydrogen (secondary N) is 1. The first kappa shape index (κ1) is 20.3. The molecular weight excluding hydrogens is 411 g/mol. The summed E-state index contributed by atoms with van der Waals surface area (Å²) in [4.78, 5) is 15.0. The van der Waals surface area contributed by atoms with Crippen LogP contribution in [-0.4, -0.2) is 39.3 Å². The van der Waals surface area contributed by atoms with E-state index in [1.165, 1.54) is 12.1 Å². The number of hydrogen-bond donors (Lipinski definition) is 1. The number of hydrogen-bond acceptors (Lipinski definition) is 5. The summed E-state index contributed by atoms with van der Waals surface area (Å²) in [6, 6.07) is 13.0. The maximum Gasteiger partial charge on any atom is 0.291 e. The van der Waals surface area contributed by atoms with Gasteiger partial charge >= 0.3 is 0 Å². The van der Waals surface area contributed by atoms with Gasteiger partial charge in [-0.3, -0.25) is 4.79 Å². The third-order valence-corrected chi connectivity index (χ3v) is 5.13. The van der Waals surface area contributed by atoms with Crippen LogP contribution in [-0.2, 0) is 4.74 Å². The lowest BCUT2D eigenvalue weighted by atomic mass is 10.2. The molecule has 0 spiro atoms. The summed E-state index contributed by atoms with van der Waals surface area (Å²) < 4.78 is 29.8. The van der Waals surface area contributed by atoms with Crippen molar-refractivity contribution in [1.82, 2.24) is 0 Å². The minimum absolute atomic E-state index is 0.0126. The van der Waals surface area contributed by atoms with Crippen molar-refractivity contribution < 1.29 is 23.1 Å². The molecule has 1 fully saturated rings. The maximum atomic E-state index is 13.4. The second kappa shape index (κ2) is 8.77. The highest BCUT2D eigenvalue weighted by molar-refractivity contribution is 6.31. The van der Waals surface area contributed by atoms with Crippen LogP contribution in [0.5, 0.6) is 5.75 Å². The standard InChI is InChI=1S/C22H20ClFN2O4/c1-28-15-3-5-19(26-8-10-29-11-9-26)18(13-15)25-22(27)21-7-6-20(30-21)14-2-4-17(24)16(23)12-14/h2-7,12-13H,8-11H2,1H3,(H,25,27). The van der Waals surface area contributed by atoms with E-state index in [1.807, 2.05) is 12.1 Å². The van der Waals surface area contributed by atoms with Gasteiger partial charge in [0.05, 0.1) is 36.7 Å². The van der Waals surface area contributed by atoms with Gasteiger partial charge < -0.3 is 24.1 Å². The van der Waals surface area contributed by atoms with Crippen LogP contribution < -0.4 is 15.0 Å². The summed E-state index contributed by atoms with van der Waals surface area (Å²) in [6.07, 6.45) is 0. The Morgan fingerprint density at radius 1 is 1.13 bits per heavy atom. The maximum absolute atomic E-state index is 13.4. The van der Waals surface area contributed by atoms with Crippen LogP contribution in [0.4, 0.5) is 15.8 Å². The number of ether oxygens (including phenoxy) is 2. The number of methoxy groups -OCH3 is 1. The summed E-state index contributed by atoms with van der Waals surface area (Å²) in [5.41, 5.74) is 2.07. The van der Waals surface area contributed by atoms with Gasteiger partial charge in [-0.1, -0.05) is 11.6 Å². The minimum atomic E-state index is -0.515. The van der Waals surface area contributed by atoms with Gasteiger partial charge in [0.15, 0.2) is 5.76 Å². The van der Waals surface area contributed by atoms with Crippen LogP contribution in [0.2, 0.25) is 5.02 Å². The minimum Gasteiger partial charge on any atom is -0.497 e. The number of rotatable bonds is 5. The third-order valence-electron chi connectivity index (χ3n) is 4.84. The molecule has 4 rings (SSSR count). The molecule has 1 N–H and O–H groups in total. The fraction of sp³-hybridized carbons (Fsp3) is 0.227. The zero-order valence-corrected chi connectivity index (χ0v) is 17.0. The van der Waals surface area contributed by atoms with E-state index < -0.39 is 11.7 Å². The molecule has 8 heteroatoms. The number of halogens is 2. The predicted molar refractivity (Wildman–Crippen MR) is 113 cm³/mol. The van der Waals surface area contributed by atoms with Crippen molar-refractivity contribution in [1.29, 1.82) is 0 Å². The topological polar surface area (TPSA) is 63.9 Å². The number of carbonyl (C=O) groups is 1. The summed E-state index contributed by atoms with van der Waals surface area (Å²) in [6.45, 7) is 2.71. The molecule has 1 amide bonds. The van der Waals surface area contributed by atoms with E-state index in [0.29, 0.717) is 36.0 Å². The van der Waals surface area contributed by atoms with Gasteiger partial charge in [-0.15, -0.1) is 0 Å². The van der Waals surface area contributed by atoms with E-state index in [2.05, 4.69) is 10.2 Å². The largest absolute Gasteiger partial charge is 0.497 e. The zero-order valence-electron chi connectivity index (χ0n) is 16.3. The van der Waals surface area contributed by atoms with Crippen LogP contribution in [0.25, 0.3) is 11.3 Å². The van der Waals surface area contributed by atoms with Gasteiger partial charge in [0.2, 0.25) is 0 Å². The smallest absolute Gasteiger partial charge is 0.291 e. The fourth-order valence-corrected chi connectivity index (χ4v) is 3.45. The zero-order chi connectivity index (χ0) is 21.1. The Kier molecular flexibility index (Phi) is 5.92. The van der Waals surface area contributed by atoms with Crippen molar-refractivity contribution in [3.63, 3.8) is 0 Å². The molecule has 30 heavy (non-hydrogen) atoms. The van der Waals surface area contributed by atoms with E-state index >= 15 is 0 Å². The second-order valence-corrected chi connectivity index (χ2v) is 7.14. The summed E-state index contributed by atoms with van der Waals surface area (Å²) in [5, 5.41) is 2.89. The molecule has 1 aliphatic rings. The van der Waals surface area contributed by atoms with E-state index in [0.717, 1.165) is 18.8 Å². The Bertz CT molecular complexity index is 1060. The first-order chi connectivity index (χ1) is 14.5. The third kappa shape index (κ3) is 4.27. The average Bonchev–Trinajstić information content (AvgIpc) is 3.27. The van der Waals surface area contributed by atoms with E-state index in [-0.39, 0.29) is 10.8 Å². The van der Waals surface area contributed by atoms with Crippen LogP contribution in [0.1, 0.15) is 10.6 Å². The molecule has 1 aliphatic heterocycles. The second-order valence-electron chi connectivity index (χ2n) is 6.73. The number of furan rings is 1. The monoisotopic (exact) mass is 430 g/mol. The Morgan fingerprint density at radius 3 is 2.67 bits per heavy atom. The highest BCUT2D eigenvalue weighted by Crippen LogP contribution is 2.32. The van der Waals surface area contributed by atoms with Gasteiger partial charge in [-0.25, -0.2) is 4.39 Å². The van der Waals surface area contributed by atoms with Crippen LogP contribution >= 0.6 is 11.6 Å². The van der Waals surface area contributed by atoms with E-state index in [4.69, 9.17) is 25.5 Å². The van der Waals surface area contributed by atoms with E-state index in [1.54, 1.807) is 31.4 Å². The first-order valence-electron chi connectivity index (χ1n) is 9.42. The number of benzene rings is 2. The number of morpholine rings is 1. The molecule has 6 nitrogen and oxygen atoms in total. The lowest BCUT2D eigenvalue weighted by molar-refractivity contribution is 0.0997. The van der Waals surface area contributed by atoms with Gasteiger partial charge in [-0.2, -0.15) is 0 Å². The number of amides is 1.